The highest BCUT2D eigenvalue weighted by molar-refractivity contribution is 6.30. The highest BCUT2D eigenvalue weighted by Gasteiger charge is 2.20. The third kappa shape index (κ3) is 2.79. The minimum atomic E-state index is -0.534. The van der Waals surface area contributed by atoms with E-state index < -0.39 is 4.92 Å². The summed E-state index contributed by atoms with van der Waals surface area (Å²) in [6.07, 6.45) is -0.185. The maximum Gasteiger partial charge on any atom is 0.331 e. The van der Waals surface area contributed by atoms with Gasteiger partial charge in [-0.1, -0.05) is 11.6 Å². The summed E-state index contributed by atoms with van der Waals surface area (Å²) >= 11 is 5.76. The van der Waals surface area contributed by atoms with Gasteiger partial charge in [0.05, 0.1) is 11.0 Å². The SMILES string of the molecule is Cc1cc([N+](=O)[O-])c(OC(C)C)nc1Cl. The number of aromatic nitrogens is 1. The Hall–Kier alpha value is -1.36. The molecule has 1 rings (SSSR count). The van der Waals surface area contributed by atoms with E-state index in [1.807, 2.05) is 0 Å². The van der Waals surface area contributed by atoms with Gasteiger partial charge in [-0.3, -0.25) is 10.1 Å². The van der Waals surface area contributed by atoms with Crippen molar-refractivity contribution in [2.75, 3.05) is 0 Å². The second kappa shape index (κ2) is 4.44. The molecule has 0 aliphatic carbocycles. The van der Waals surface area contributed by atoms with Crippen molar-refractivity contribution in [3.05, 3.63) is 26.9 Å². The van der Waals surface area contributed by atoms with Gasteiger partial charge in [-0.15, -0.1) is 0 Å². The van der Waals surface area contributed by atoms with Crippen molar-refractivity contribution in [2.45, 2.75) is 26.9 Å². The van der Waals surface area contributed by atoms with Crippen LogP contribution in [0.3, 0.4) is 0 Å². The van der Waals surface area contributed by atoms with Crippen molar-refractivity contribution < 1.29 is 9.66 Å². The van der Waals surface area contributed by atoms with Crippen molar-refractivity contribution in [3.8, 4) is 5.88 Å². The predicted octanol–water partition coefficient (Wildman–Crippen LogP) is 2.74. The molecule has 0 N–H and O–H groups in total. The molecule has 0 fully saturated rings. The van der Waals surface area contributed by atoms with E-state index in [1.54, 1.807) is 20.8 Å². The first-order chi connectivity index (χ1) is 6.91. The average Bonchev–Trinajstić information content (AvgIpc) is 2.09. The summed E-state index contributed by atoms with van der Waals surface area (Å²) in [5.41, 5.74) is 0.394. The highest BCUT2D eigenvalue weighted by Crippen LogP contribution is 2.29. The van der Waals surface area contributed by atoms with E-state index in [4.69, 9.17) is 16.3 Å². The summed E-state index contributed by atoms with van der Waals surface area (Å²) in [6, 6.07) is 1.35. The van der Waals surface area contributed by atoms with Crippen molar-refractivity contribution in [1.29, 1.82) is 0 Å². The fourth-order valence-corrected chi connectivity index (χ4v) is 1.13. The number of nitro groups is 1. The summed E-state index contributed by atoms with van der Waals surface area (Å²) in [6.45, 7) is 5.18. The molecule has 0 radical (unpaired) electrons. The first kappa shape index (κ1) is 11.7. The van der Waals surface area contributed by atoms with Gasteiger partial charge in [0.2, 0.25) is 0 Å². The quantitative estimate of drug-likeness (QED) is 0.455. The zero-order valence-electron chi connectivity index (χ0n) is 8.65. The number of pyridine rings is 1. The van der Waals surface area contributed by atoms with Crippen molar-refractivity contribution in [1.82, 2.24) is 4.98 Å². The largest absolute Gasteiger partial charge is 0.470 e. The van der Waals surface area contributed by atoms with Crippen LogP contribution in [-0.2, 0) is 0 Å². The lowest BCUT2D eigenvalue weighted by molar-refractivity contribution is -0.386. The van der Waals surface area contributed by atoms with Crippen LogP contribution in [0.1, 0.15) is 19.4 Å². The Morgan fingerprint density at radius 2 is 2.20 bits per heavy atom. The van der Waals surface area contributed by atoms with Gasteiger partial charge in [-0.05, 0) is 26.3 Å². The third-order valence-corrected chi connectivity index (χ3v) is 2.02. The van der Waals surface area contributed by atoms with Crippen LogP contribution in [0.15, 0.2) is 6.07 Å². The van der Waals surface area contributed by atoms with Gasteiger partial charge in [0.15, 0.2) is 0 Å². The van der Waals surface area contributed by atoms with Gasteiger partial charge < -0.3 is 4.74 Å². The standard InChI is InChI=1S/C9H11ClN2O3/c1-5(2)15-9-7(12(13)14)4-6(3)8(10)11-9/h4-5H,1-3H3. The van der Waals surface area contributed by atoms with Crippen LogP contribution in [0.4, 0.5) is 5.69 Å². The molecule has 1 aromatic rings. The van der Waals surface area contributed by atoms with Gasteiger partial charge in [0.1, 0.15) is 5.15 Å². The molecule has 0 amide bonds. The lowest BCUT2D eigenvalue weighted by atomic mass is 10.3. The zero-order valence-corrected chi connectivity index (χ0v) is 9.41. The van der Waals surface area contributed by atoms with Crippen LogP contribution in [0.2, 0.25) is 5.15 Å². The molecule has 0 atom stereocenters. The fourth-order valence-electron chi connectivity index (χ4n) is 1.00. The number of halogens is 1. The van der Waals surface area contributed by atoms with Crippen LogP contribution < -0.4 is 4.74 Å². The Bertz CT molecular complexity index is 393. The molecule has 5 nitrogen and oxygen atoms in total. The third-order valence-electron chi connectivity index (χ3n) is 1.64. The summed E-state index contributed by atoms with van der Waals surface area (Å²) in [7, 11) is 0. The smallest absolute Gasteiger partial charge is 0.331 e. The Kier molecular flexibility index (Phi) is 3.47. The molecular weight excluding hydrogens is 220 g/mol. The second-order valence-corrected chi connectivity index (χ2v) is 3.70. The molecule has 82 valence electrons. The number of ether oxygens (including phenoxy) is 1. The molecule has 0 bridgehead atoms. The van der Waals surface area contributed by atoms with Crippen LogP contribution >= 0.6 is 11.6 Å². The second-order valence-electron chi connectivity index (χ2n) is 3.34. The molecular formula is C9H11ClN2O3. The lowest BCUT2D eigenvalue weighted by Gasteiger charge is -2.09. The van der Waals surface area contributed by atoms with E-state index in [-0.39, 0.29) is 22.8 Å². The molecule has 0 aliphatic rings. The molecule has 0 unspecified atom stereocenters. The summed E-state index contributed by atoms with van der Waals surface area (Å²) in [5, 5.41) is 10.9. The number of rotatable bonds is 3. The first-order valence-electron chi connectivity index (χ1n) is 4.40. The van der Waals surface area contributed by atoms with Crippen LogP contribution in [0.5, 0.6) is 5.88 Å². The summed E-state index contributed by atoms with van der Waals surface area (Å²) in [4.78, 5) is 14.0. The van der Waals surface area contributed by atoms with Gasteiger partial charge in [-0.25, -0.2) is 0 Å². The average molecular weight is 231 g/mol. The van der Waals surface area contributed by atoms with Crippen LogP contribution in [0.25, 0.3) is 0 Å². The Balaban J connectivity index is 3.22. The molecule has 0 aliphatic heterocycles. The van der Waals surface area contributed by atoms with Crippen LogP contribution in [0, 0.1) is 17.0 Å². The normalized spacial score (nSPS) is 10.5. The van der Waals surface area contributed by atoms with Crippen molar-refractivity contribution in [3.63, 3.8) is 0 Å². The van der Waals surface area contributed by atoms with Crippen molar-refractivity contribution in [2.24, 2.45) is 0 Å². The molecule has 0 saturated carbocycles. The van der Waals surface area contributed by atoms with E-state index in [0.717, 1.165) is 0 Å². The molecule has 1 aromatic heterocycles. The molecule has 0 spiro atoms. The Labute approximate surface area is 92.2 Å². The number of nitrogens with zero attached hydrogens (tertiary/aromatic N) is 2. The lowest BCUT2D eigenvalue weighted by Crippen LogP contribution is -2.09. The molecule has 0 saturated heterocycles. The van der Waals surface area contributed by atoms with Gasteiger partial charge in [0, 0.05) is 6.07 Å². The topological polar surface area (TPSA) is 65.3 Å². The monoisotopic (exact) mass is 230 g/mol. The molecule has 1 heterocycles. The number of hydrogen-bond donors (Lipinski definition) is 0. The highest BCUT2D eigenvalue weighted by atomic mass is 35.5. The molecule has 15 heavy (non-hydrogen) atoms. The zero-order chi connectivity index (χ0) is 11.6. The maximum atomic E-state index is 10.7. The summed E-state index contributed by atoms with van der Waals surface area (Å²) in [5.74, 6) is -0.0365. The maximum absolute atomic E-state index is 10.7. The van der Waals surface area contributed by atoms with Crippen molar-refractivity contribution >= 4 is 17.3 Å². The molecule has 0 aromatic carbocycles. The van der Waals surface area contributed by atoms with Crippen LogP contribution in [-0.4, -0.2) is 16.0 Å². The van der Waals surface area contributed by atoms with E-state index >= 15 is 0 Å². The first-order valence-corrected chi connectivity index (χ1v) is 4.77. The minimum absolute atomic E-state index is 0.0365. The fraction of sp³-hybridized carbons (Fsp3) is 0.444. The van der Waals surface area contributed by atoms with Gasteiger partial charge >= 0.3 is 5.69 Å². The number of aryl methyl sites for hydroxylation is 1. The van der Waals surface area contributed by atoms with E-state index in [9.17, 15) is 10.1 Å². The van der Waals surface area contributed by atoms with E-state index in [2.05, 4.69) is 4.98 Å². The van der Waals surface area contributed by atoms with E-state index in [0.29, 0.717) is 5.56 Å². The minimum Gasteiger partial charge on any atom is -0.470 e. The van der Waals surface area contributed by atoms with E-state index in [1.165, 1.54) is 6.07 Å². The molecule has 6 heteroatoms. The Morgan fingerprint density at radius 3 is 2.67 bits per heavy atom. The number of hydrogen-bond acceptors (Lipinski definition) is 4. The summed E-state index contributed by atoms with van der Waals surface area (Å²) < 4.78 is 5.21. The van der Waals surface area contributed by atoms with Gasteiger partial charge in [0.25, 0.3) is 5.88 Å². The predicted molar refractivity (Wildman–Crippen MR) is 56.4 cm³/mol. The Morgan fingerprint density at radius 1 is 1.60 bits per heavy atom. The van der Waals surface area contributed by atoms with Gasteiger partial charge in [-0.2, -0.15) is 4.98 Å².